The van der Waals surface area contributed by atoms with E-state index >= 15 is 0 Å². The average molecular weight is 438 g/mol. The molecule has 0 spiro atoms. The Labute approximate surface area is 185 Å². The van der Waals surface area contributed by atoms with E-state index in [1.165, 1.54) is 10.6 Å². The van der Waals surface area contributed by atoms with Crippen LogP contribution in [0.15, 0.2) is 46.0 Å². The van der Waals surface area contributed by atoms with Gasteiger partial charge in [0.2, 0.25) is 0 Å². The topological polar surface area (TPSA) is 86.2 Å². The van der Waals surface area contributed by atoms with Gasteiger partial charge in [-0.15, -0.1) is 5.92 Å². The number of fused-ring (bicyclic) bond motifs is 1. The first-order valence-corrected chi connectivity index (χ1v) is 10.6. The minimum absolute atomic E-state index is 0.0206. The van der Waals surface area contributed by atoms with E-state index in [9.17, 15) is 9.59 Å². The summed E-state index contributed by atoms with van der Waals surface area (Å²) < 4.78 is 2.76. The van der Waals surface area contributed by atoms with Crippen LogP contribution in [-0.2, 0) is 13.1 Å². The monoisotopic (exact) mass is 437 g/mol. The molecule has 1 aromatic carbocycles. The minimum Gasteiger partial charge on any atom is -0.356 e. The third kappa shape index (κ3) is 4.50. The first-order valence-electron chi connectivity index (χ1n) is 10.3. The molecule has 2 N–H and O–H groups in total. The number of nitrogens with two attached hydrogens (primary N) is 1. The number of pyridine rings is 1. The predicted molar refractivity (Wildman–Crippen MR) is 124 cm³/mol. The normalized spacial score (nSPS) is 16.2. The molecule has 0 bridgehead atoms. The quantitative estimate of drug-likeness (QED) is 0.632. The summed E-state index contributed by atoms with van der Waals surface area (Å²) >= 11 is 6.04. The van der Waals surface area contributed by atoms with Gasteiger partial charge in [-0.1, -0.05) is 23.6 Å². The lowest BCUT2D eigenvalue weighted by Gasteiger charge is -2.33. The Morgan fingerprint density at radius 2 is 2.03 bits per heavy atom. The zero-order valence-corrected chi connectivity index (χ0v) is 18.1. The highest BCUT2D eigenvalue weighted by Crippen LogP contribution is 2.19. The number of hydrogen-bond acceptors (Lipinski definition) is 5. The third-order valence-electron chi connectivity index (χ3n) is 5.48. The van der Waals surface area contributed by atoms with Crippen LogP contribution in [0.2, 0.25) is 5.02 Å². The molecule has 1 saturated heterocycles. The molecule has 4 rings (SSSR count). The molecule has 1 atom stereocenters. The van der Waals surface area contributed by atoms with Crippen molar-refractivity contribution in [2.24, 2.45) is 5.73 Å². The molecule has 7 nitrogen and oxygen atoms in total. The van der Waals surface area contributed by atoms with Crippen molar-refractivity contribution in [3.63, 3.8) is 0 Å². The summed E-state index contributed by atoms with van der Waals surface area (Å²) in [4.78, 5) is 32.8. The van der Waals surface area contributed by atoms with Crippen LogP contribution in [0.5, 0.6) is 0 Å². The molecule has 8 heteroatoms. The summed E-state index contributed by atoms with van der Waals surface area (Å²) in [6.45, 7) is 3.38. The minimum atomic E-state index is -0.401. The zero-order chi connectivity index (χ0) is 22.0. The second-order valence-corrected chi connectivity index (χ2v) is 8.15. The Morgan fingerprint density at radius 1 is 1.19 bits per heavy atom. The number of anilines is 1. The van der Waals surface area contributed by atoms with Gasteiger partial charge in [0, 0.05) is 35.6 Å². The zero-order valence-electron chi connectivity index (χ0n) is 17.3. The number of rotatable bonds is 4. The van der Waals surface area contributed by atoms with E-state index in [0.717, 1.165) is 30.3 Å². The molecule has 31 heavy (non-hydrogen) atoms. The predicted octanol–water partition coefficient (Wildman–Crippen LogP) is 2.21. The number of piperidine rings is 1. The fourth-order valence-electron chi connectivity index (χ4n) is 3.93. The number of nitrogens with zero attached hydrogens (tertiary/aromatic N) is 4. The van der Waals surface area contributed by atoms with Crippen molar-refractivity contribution in [2.75, 3.05) is 18.0 Å². The molecule has 0 radical (unpaired) electrons. The Balaban J connectivity index is 1.75. The molecule has 0 saturated carbocycles. The van der Waals surface area contributed by atoms with Crippen LogP contribution in [0.3, 0.4) is 0 Å². The molecule has 160 valence electrons. The van der Waals surface area contributed by atoms with E-state index in [1.54, 1.807) is 23.6 Å². The third-order valence-corrected chi connectivity index (χ3v) is 5.72. The van der Waals surface area contributed by atoms with Crippen LogP contribution in [0.4, 0.5) is 5.82 Å². The van der Waals surface area contributed by atoms with Crippen molar-refractivity contribution < 1.29 is 0 Å². The van der Waals surface area contributed by atoms with E-state index in [2.05, 4.69) is 16.8 Å². The van der Waals surface area contributed by atoms with Crippen molar-refractivity contribution in [3.8, 4) is 11.8 Å². The Morgan fingerprint density at radius 3 is 2.81 bits per heavy atom. The van der Waals surface area contributed by atoms with Crippen molar-refractivity contribution >= 4 is 28.3 Å². The van der Waals surface area contributed by atoms with E-state index in [0.29, 0.717) is 23.1 Å². The molecule has 0 aliphatic carbocycles. The fourth-order valence-corrected chi connectivity index (χ4v) is 4.11. The van der Waals surface area contributed by atoms with E-state index < -0.39 is 5.69 Å². The van der Waals surface area contributed by atoms with Crippen LogP contribution in [0, 0.1) is 11.8 Å². The second-order valence-electron chi connectivity index (χ2n) is 7.71. The smallest absolute Gasteiger partial charge is 0.333 e. The van der Waals surface area contributed by atoms with Crippen molar-refractivity contribution in [3.05, 3.63) is 68.0 Å². The highest BCUT2D eigenvalue weighted by atomic mass is 35.5. The summed E-state index contributed by atoms with van der Waals surface area (Å²) in [5, 5.41) is 1.53. The van der Waals surface area contributed by atoms with Gasteiger partial charge in [0.1, 0.15) is 5.82 Å². The van der Waals surface area contributed by atoms with Crippen molar-refractivity contribution in [1.82, 2.24) is 14.1 Å². The molecular weight excluding hydrogens is 414 g/mol. The summed E-state index contributed by atoms with van der Waals surface area (Å²) in [5.41, 5.74) is 6.73. The van der Waals surface area contributed by atoms with Gasteiger partial charge in [0.05, 0.1) is 24.3 Å². The maximum absolute atomic E-state index is 13.3. The fraction of sp³-hybridized carbons (Fsp3) is 0.348. The van der Waals surface area contributed by atoms with Gasteiger partial charge in [-0.05, 0) is 44.0 Å². The first kappa shape index (κ1) is 21.2. The molecule has 3 aromatic rings. The highest BCUT2D eigenvalue weighted by Gasteiger charge is 2.22. The Kier molecular flexibility index (Phi) is 6.12. The lowest BCUT2D eigenvalue weighted by Crippen LogP contribution is -2.48. The summed E-state index contributed by atoms with van der Waals surface area (Å²) in [6, 6.07) is 10.6. The van der Waals surface area contributed by atoms with Crippen LogP contribution in [0.25, 0.3) is 10.9 Å². The molecule has 0 unspecified atom stereocenters. The summed E-state index contributed by atoms with van der Waals surface area (Å²) in [7, 11) is 0. The van der Waals surface area contributed by atoms with Gasteiger partial charge in [-0.3, -0.25) is 18.9 Å². The molecule has 2 aromatic heterocycles. The highest BCUT2D eigenvalue weighted by molar-refractivity contribution is 6.31. The van der Waals surface area contributed by atoms with Crippen LogP contribution in [-0.4, -0.2) is 33.2 Å². The lowest BCUT2D eigenvalue weighted by atomic mass is 10.1. The number of halogens is 1. The van der Waals surface area contributed by atoms with Gasteiger partial charge in [-0.2, -0.15) is 0 Å². The SMILES string of the molecule is CC#CCn1c(N2CCC[C@@H](N)C2)cc(=O)n(Cc2ccc3cc(Cl)ccc3n2)c1=O. The van der Waals surface area contributed by atoms with E-state index in [-0.39, 0.29) is 24.7 Å². The van der Waals surface area contributed by atoms with Crippen LogP contribution >= 0.6 is 11.6 Å². The van der Waals surface area contributed by atoms with Gasteiger partial charge in [0.15, 0.2) is 0 Å². The van der Waals surface area contributed by atoms with E-state index in [4.69, 9.17) is 17.3 Å². The van der Waals surface area contributed by atoms with Crippen LogP contribution in [0.1, 0.15) is 25.5 Å². The maximum atomic E-state index is 13.3. The van der Waals surface area contributed by atoms with Gasteiger partial charge < -0.3 is 10.6 Å². The number of hydrogen-bond donors (Lipinski definition) is 1. The lowest BCUT2D eigenvalue weighted by molar-refractivity contribution is 0.491. The maximum Gasteiger partial charge on any atom is 0.333 e. The standard InChI is InChI=1S/C23H24ClN5O2/c1-2-3-11-28-21(27-10-4-5-18(25)14-27)13-22(30)29(23(28)31)15-19-8-6-16-12-17(24)7-9-20(16)26-19/h6-9,12-13,18H,4-5,10-11,14-15,25H2,1H3/t18-/m1/s1. The molecule has 3 heterocycles. The van der Waals surface area contributed by atoms with Gasteiger partial charge >= 0.3 is 5.69 Å². The van der Waals surface area contributed by atoms with Crippen molar-refractivity contribution in [1.29, 1.82) is 0 Å². The molecule has 1 aliphatic heterocycles. The largest absolute Gasteiger partial charge is 0.356 e. The van der Waals surface area contributed by atoms with Crippen LogP contribution < -0.4 is 21.9 Å². The van der Waals surface area contributed by atoms with Crippen molar-refractivity contribution in [2.45, 2.75) is 38.9 Å². The van der Waals surface area contributed by atoms with Gasteiger partial charge in [0.25, 0.3) is 5.56 Å². The van der Waals surface area contributed by atoms with E-state index in [1.807, 2.05) is 23.1 Å². The molecule has 1 fully saturated rings. The number of aromatic nitrogens is 3. The Hall–Kier alpha value is -3.08. The number of benzene rings is 1. The summed E-state index contributed by atoms with van der Waals surface area (Å²) in [5.74, 6) is 6.35. The first-order chi connectivity index (χ1) is 15.0. The molecule has 0 amide bonds. The molecule has 1 aliphatic rings. The molecular formula is C23H24ClN5O2. The second kappa shape index (κ2) is 8.96. The Bertz CT molecular complexity index is 1300. The average Bonchev–Trinajstić information content (AvgIpc) is 2.75. The van der Waals surface area contributed by atoms with Gasteiger partial charge in [-0.25, -0.2) is 4.79 Å². The summed E-state index contributed by atoms with van der Waals surface area (Å²) in [6.07, 6.45) is 1.86.